The van der Waals surface area contributed by atoms with Crippen molar-refractivity contribution in [2.75, 3.05) is 39.0 Å². The molecule has 1 aromatic carbocycles. The second-order valence-electron chi connectivity index (χ2n) is 8.67. The van der Waals surface area contributed by atoms with Crippen LogP contribution < -0.4 is 14.4 Å². The topological polar surface area (TPSA) is 88.5 Å². The molecule has 9 heteroatoms. The molecule has 0 spiro atoms. The molecule has 8 nitrogen and oxygen atoms in total. The van der Waals surface area contributed by atoms with Crippen LogP contribution in [0.2, 0.25) is 25.7 Å². The molecule has 2 aliphatic heterocycles. The third kappa shape index (κ3) is 4.26. The van der Waals surface area contributed by atoms with E-state index in [0.29, 0.717) is 18.0 Å². The number of amides is 2. The van der Waals surface area contributed by atoms with Crippen molar-refractivity contribution in [3.63, 3.8) is 0 Å². The molecule has 0 radical (unpaired) electrons. The van der Waals surface area contributed by atoms with E-state index in [2.05, 4.69) is 19.6 Å². The number of methoxy groups -OCH3 is 2. The summed E-state index contributed by atoms with van der Waals surface area (Å²) >= 11 is 0. The second kappa shape index (κ2) is 8.33. The Bertz CT molecular complexity index is 794. The predicted octanol–water partition coefficient (Wildman–Crippen LogP) is 1.94. The minimum atomic E-state index is -1.27. The van der Waals surface area contributed by atoms with Crippen molar-refractivity contribution in [1.82, 2.24) is 4.90 Å². The van der Waals surface area contributed by atoms with Crippen LogP contribution in [-0.4, -0.2) is 76.1 Å². The van der Waals surface area contributed by atoms with Crippen LogP contribution in [0.1, 0.15) is 16.8 Å². The van der Waals surface area contributed by atoms with Gasteiger partial charge >= 0.3 is 0 Å². The molecule has 29 heavy (non-hydrogen) atoms. The molecular formula is C20H30N2O6Si. The van der Waals surface area contributed by atoms with Crippen LogP contribution in [-0.2, 0) is 9.53 Å². The van der Waals surface area contributed by atoms with Crippen LogP contribution in [0.15, 0.2) is 12.1 Å². The van der Waals surface area contributed by atoms with Crippen molar-refractivity contribution in [3.8, 4) is 11.5 Å². The number of carbonyl (C=O) groups excluding carboxylic acids is 2. The molecular weight excluding hydrogens is 392 g/mol. The zero-order valence-electron chi connectivity index (χ0n) is 17.7. The predicted molar refractivity (Wildman–Crippen MR) is 111 cm³/mol. The van der Waals surface area contributed by atoms with Crippen molar-refractivity contribution in [1.29, 1.82) is 0 Å². The lowest BCUT2D eigenvalue weighted by molar-refractivity contribution is -0.123. The quantitative estimate of drug-likeness (QED) is 0.534. The summed E-state index contributed by atoms with van der Waals surface area (Å²) in [4.78, 5) is 29.5. The lowest BCUT2D eigenvalue weighted by Crippen LogP contribution is -2.45. The Balaban J connectivity index is 2.00. The summed E-state index contributed by atoms with van der Waals surface area (Å²) in [5, 5.41) is 10.1. The highest BCUT2D eigenvalue weighted by Gasteiger charge is 2.46. The number of ether oxygens (including phenoxy) is 3. The molecule has 160 valence electrons. The van der Waals surface area contributed by atoms with Crippen molar-refractivity contribution in [3.05, 3.63) is 17.7 Å². The molecule has 2 atom stereocenters. The Morgan fingerprint density at radius 3 is 2.52 bits per heavy atom. The number of benzene rings is 1. The average Bonchev–Trinajstić information content (AvgIpc) is 3.03. The Labute approximate surface area is 172 Å². The zero-order valence-corrected chi connectivity index (χ0v) is 18.7. The van der Waals surface area contributed by atoms with Crippen LogP contribution >= 0.6 is 0 Å². The van der Waals surface area contributed by atoms with Gasteiger partial charge in [0.2, 0.25) is 0 Å². The summed E-state index contributed by atoms with van der Waals surface area (Å²) < 4.78 is 16.7. The SMILES string of the molecule is COc1ccc2c(c1OC)C(=O)N1C[C@H](O)C[C@H]1C(=O)N2COCC[Si](C)(C)C. The molecule has 2 heterocycles. The molecule has 3 rings (SSSR count). The average molecular weight is 423 g/mol. The maximum absolute atomic E-state index is 13.3. The van der Waals surface area contributed by atoms with Gasteiger partial charge in [0.25, 0.3) is 11.8 Å². The monoisotopic (exact) mass is 422 g/mol. The highest BCUT2D eigenvalue weighted by atomic mass is 28.3. The van der Waals surface area contributed by atoms with Gasteiger partial charge in [0.15, 0.2) is 11.5 Å². The molecule has 1 aromatic rings. The maximum Gasteiger partial charge on any atom is 0.260 e. The van der Waals surface area contributed by atoms with E-state index in [-0.39, 0.29) is 42.8 Å². The number of anilines is 1. The standard InChI is InChI=1S/C20H30N2O6Si/c1-26-16-7-6-14-17(18(16)27-2)20(25)21-11-13(23)10-15(21)19(24)22(14)12-28-8-9-29(3,4)5/h6-7,13,15,23H,8-12H2,1-5H3/t13-,15+/m1/s1. The maximum atomic E-state index is 13.3. The number of hydrogen-bond acceptors (Lipinski definition) is 6. The fraction of sp³-hybridized carbons (Fsp3) is 0.600. The molecule has 2 amide bonds. The summed E-state index contributed by atoms with van der Waals surface area (Å²) in [6.07, 6.45) is -0.524. The first-order valence-electron chi connectivity index (χ1n) is 9.81. The number of rotatable bonds is 7. The van der Waals surface area contributed by atoms with E-state index < -0.39 is 20.2 Å². The largest absolute Gasteiger partial charge is 0.493 e. The van der Waals surface area contributed by atoms with Gasteiger partial charge in [0, 0.05) is 27.6 Å². The first-order chi connectivity index (χ1) is 13.7. The highest BCUT2D eigenvalue weighted by molar-refractivity contribution is 6.76. The molecule has 0 aliphatic carbocycles. The lowest BCUT2D eigenvalue weighted by Gasteiger charge is -2.26. The number of fused-ring (bicyclic) bond motifs is 2. The van der Waals surface area contributed by atoms with E-state index >= 15 is 0 Å². The normalized spacial score (nSPS) is 21.7. The van der Waals surface area contributed by atoms with Gasteiger partial charge < -0.3 is 24.2 Å². The zero-order chi connectivity index (χ0) is 21.3. The number of aliphatic hydroxyl groups excluding tert-OH is 1. The summed E-state index contributed by atoms with van der Waals surface area (Å²) in [7, 11) is 1.69. The van der Waals surface area contributed by atoms with Crippen molar-refractivity contribution in [2.45, 2.75) is 44.3 Å². The van der Waals surface area contributed by atoms with Crippen LogP contribution in [0, 0.1) is 0 Å². The van der Waals surface area contributed by atoms with E-state index in [4.69, 9.17) is 14.2 Å². The first kappa shape index (κ1) is 21.6. The van der Waals surface area contributed by atoms with Gasteiger partial charge in [-0.15, -0.1) is 0 Å². The van der Waals surface area contributed by atoms with E-state index in [1.54, 1.807) is 12.1 Å². The van der Waals surface area contributed by atoms with Crippen molar-refractivity contribution >= 4 is 25.6 Å². The minimum Gasteiger partial charge on any atom is -0.493 e. The third-order valence-corrected chi connectivity index (χ3v) is 7.04. The Morgan fingerprint density at radius 1 is 1.17 bits per heavy atom. The molecule has 0 unspecified atom stereocenters. The number of nitrogens with zero attached hydrogens (tertiary/aromatic N) is 2. The number of aliphatic hydroxyl groups is 1. The van der Waals surface area contributed by atoms with Gasteiger partial charge in [0.1, 0.15) is 18.3 Å². The van der Waals surface area contributed by atoms with E-state index in [0.717, 1.165) is 6.04 Å². The molecule has 2 aliphatic rings. The molecule has 1 N–H and O–H groups in total. The Hall–Kier alpha value is -2.10. The van der Waals surface area contributed by atoms with E-state index in [1.807, 2.05) is 0 Å². The van der Waals surface area contributed by atoms with E-state index in [1.165, 1.54) is 24.0 Å². The van der Waals surface area contributed by atoms with Gasteiger partial charge in [-0.25, -0.2) is 0 Å². The minimum absolute atomic E-state index is 0.0412. The smallest absolute Gasteiger partial charge is 0.260 e. The highest BCUT2D eigenvalue weighted by Crippen LogP contribution is 2.42. The van der Waals surface area contributed by atoms with Crippen LogP contribution in [0.3, 0.4) is 0 Å². The van der Waals surface area contributed by atoms with Crippen LogP contribution in [0.4, 0.5) is 5.69 Å². The molecule has 0 aromatic heterocycles. The summed E-state index contributed by atoms with van der Waals surface area (Å²) in [6, 6.07) is 3.62. The van der Waals surface area contributed by atoms with Gasteiger partial charge in [-0.05, 0) is 18.2 Å². The molecule has 0 bridgehead atoms. The number of carbonyl (C=O) groups is 2. The molecule has 0 saturated carbocycles. The summed E-state index contributed by atoms with van der Waals surface area (Å²) in [6.45, 7) is 7.48. The molecule has 1 saturated heterocycles. The summed E-state index contributed by atoms with van der Waals surface area (Å²) in [5.74, 6) is 0.0749. The lowest BCUT2D eigenvalue weighted by atomic mass is 10.1. The Morgan fingerprint density at radius 2 is 1.90 bits per heavy atom. The number of hydrogen-bond donors (Lipinski definition) is 1. The fourth-order valence-corrected chi connectivity index (χ4v) is 4.49. The summed E-state index contributed by atoms with van der Waals surface area (Å²) in [5.41, 5.74) is 0.695. The first-order valence-corrected chi connectivity index (χ1v) is 13.5. The molecule has 1 fully saturated rings. The van der Waals surface area contributed by atoms with E-state index in [9.17, 15) is 14.7 Å². The van der Waals surface area contributed by atoms with Crippen LogP contribution in [0.25, 0.3) is 0 Å². The fourth-order valence-electron chi connectivity index (χ4n) is 3.73. The van der Waals surface area contributed by atoms with Gasteiger partial charge in [-0.1, -0.05) is 19.6 Å². The second-order valence-corrected chi connectivity index (χ2v) is 14.3. The van der Waals surface area contributed by atoms with Gasteiger partial charge in [0.05, 0.1) is 26.0 Å². The van der Waals surface area contributed by atoms with Gasteiger partial charge in [-0.3, -0.25) is 14.5 Å². The third-order valence-electron chi connectivity index (χ3n) is 5.34. The van der Waals surface area contributed by atoms with Crippen molar-refractivity contribution in [2.24, 2.45) is 0 Å². The van der Waals surface area contributed by atoms with Gasteiger partial charge in [-0.2, -0.15) is 0 Å². The van der Waals surface area contributed by atoms with Crippen LogP contribution in [0.5, 0.6) is 11.5 Å². The van der Waals surface area contributed by atoms with Crippen molar-refractivity contribution < 1.29 is 28.9 Å². The Kier molecular flexibility index (Phi) is 6.21.